The van der Waals surface area contributed by atoms with Crippen LogP contribution in [-0.2, 0) is 4.79 Å². The van der Waals surface area contributed by atoms with Crippen molar-refractivity contribution in [3.63, 3.8) is 0 Å². The molecule has 0 aromatic carbocycles. The van der Waals surface area contributed by atoms with Gasteiger partial charge in [-0.15, -0.1) is 11.6 Å². The number of carbonyl (C=O) groups excluding carboxylic acids is 1. The summed E-state index contributed by atoms with van der Waals surface area (Å²) in [5, 5.41) is 8.39. The minimum Gasteiger partial charge on any atom is -0.379 e. The standard InChI is InChI=1S/C8H11ClF3NO2/c1-5(9)6(14)13-3-2-7(15,4-13)8(10,11)12/h5,15H,2-4H2,1H3. The fourth-order valence-corrected chi connectivity index (χ4v) is 1.60. The van der Waals surface area contributed by atoms with E-state index in [-0.39, 0.29) is 6.54 Å². The van der Waals surface area contributed by atoms with E-state index in [1.165, 1.54) is 6.92 Å². The van der Waals surface area contributed by atoms with E-state index in [0.29, 0.717) is 0 Å². The topological polar surface area (TPSA) is 40.5 Å². The Kier molecular flexibility index (Phi) is 3.21. The number of β-amino-alcohol motifs (C(OH)–C–C–N with tert-alkyl or cyclic N) is 1. The summed E-state index contributed by atoms with van der Waals surface area (Å²) < 4.78 is 37.1. The van der Waals surface area contributed by atoms with Crippen LogP contribution in [0.2, 0.25) is 0 Å². The molecule has 1 fully saturated rings. The highest BCUT2D eigenvalue weighted by Gasteiger charge is 2.57. The van der Waals surface area contributed by atoms with E-state index in [1.807, 2.05) is 0 Å². The van der Waals surface area contributed by atoms with Crippen LogP contribution >= 0.6 is 11.6 Å². The maximum Gasteiger partial charge on any atom is 0.419 e. The van der Waals surface area contributed by atoms with Gasteiger partial charge >= 0.3 is 6.18 Å². The quantitative estimate of drug-likeness (QED) is 0.704. The summed E-state index contributed by atoms with van der Waals surface area (Å²) in [5.74, 6) is -0.586. The summed E-state index contributed by atoms with van der Waals surface area (Å²) in [6.07, 6.45) is -5.20. The van der Waals surface area contributed by atoms with Gasteiger partial charge in [0.15, 0.2) is 5.60 Å². The summed E-state index contributed by atoms with van der Waals surface area (Å²) in [7, 11) is 0. The third kappa shape index (κ3) is 2.36. The molecular formula is C8H11ClF3NO2. The van der Waals surface area contributed by atoms with Crippen molar-refractivity contribution in [1.29, 1.82) is 0 Å². The van der Waals surface area contributed by atoms with E-state index >= 15 is 0 Å². The average molecular weight is 246 g/mol. The van der Waals surface area contributed by atoms with E-state index in [2.05, 4.69) is 0 Å². The lowest BCUT2D eigenvalue weighted by atomic mass is 10.0. The minimum absolute atomic E-state index is 0.119. The molecule has 1 N–H and O–H groups in total. The molecular weight excluding hydrogens is 235 g/mol. The smallest absolute Gasteiger partial charge is 0.379 e. The predicted octanol–water partition coefficient (Wildman–Crippen LogP) is 1.14. The number of nitrogens with zero attached hydrogens (tertiary/aromatic N) is 1. The predicted molar refractivity (Wildman–Crippen MR) is 47.5 cm³/mol. The highest BCUT2D eigenvalue weighted by Crippen LogP contribution is 2.37. The van der Waals surface area contributed by atoms with Gasteiger partial charge < -0.3 is 10.0 Å². The van der Waals surface area contributed by atoms with Gasteiger partial charge in [-0.25, -0.2) is 0 Å². The molecule has 7 heteroatoms. The van der Waals surface area contributed by atoms with Crippen molar-refractivity contribution in [2.24, 2.45) is 0 Å². The van der Waals surface area contributed by atoms with Crippen LogP contribution in [0.5, 0.6) is 0 Å². The Hall–Kier alpha value is -0.490. The van der Waals surface area contributed by atoms with Gasteiger partial charge in [0.2, 0.25) is 5.91 Å². The molecule has 1 saturated heterocycles. The molecule has 0 aliphatic carbocycles. The highest BCUT2D eigenvalue weighted by molar-refractivity contribution is 6.30. The third-order valence-electron chi connectivity index (χ3n) is 2.43. The van der Waals surface area contributed by atoms with E-state index < -0.39 is 36.0 Å². The molecule has 15 heavy (non-hydrogen) atoms. The Bertz CT molecular complexity index is 269. The molecule has 0 spiro atoms. The van der Waals surface area contributed by atoms with Crippen LogP contribution in [0.3, 0.4) is 0 Å². The number of amides is 1. The van der Waals surface area contributed by atoms with E-state index in [4.69, 9.17) is 11.6 Å². The van der Waals surface area contributed by atoms with Gasteiger partial charge in [0, 0.05) is 13.0 Å². The zero-order valence-electron chi connectivity index (χ0n) is 8.01. The Morgan fingerprint density at radius 2 is 2.13 bits per heavy atom. The molecule has 1 aliphatic heterocycles. The molecule has 1 rings (SSSR count). The van der Waals surface area contributed by atoms with Crippen molar-refractivity contribution in [2.75, 3.05) is 13.1 Å². The molecule has 2 unspecified atom stereocenters. The number of alkyl halides is 4. The van der Waals surface area contributed by atoms with Crippen molar-refractivity contribution in [1.82, 2.24) is 4.90 Å². The second kappa shape index (κ2) is 3.83. The molecule has 1 amide bonds. The van der Waals surface area contributed by atoms with Crippen molar-refractivity contribution in [3.8, 4) is 0 Å². The van der Waals surface area contributed by atoms with Crippen LogP contribution in [0.4, 0.5) is 13.2 Å². The average Bonchev–Trinajstić information content (AvgIpc) is 2.46. The Morgan fingerprint density at radius 1 is 1.60 bits per heavy atom. The summed E-state index contributed by atoms with van der Waals surface area (Å²) in [6.45, 7) is 0.535. The van der Waals surface area contributed by atoms with Gasteiger partial charge in [0.1, 0.15) is 5.38 Å². The lowest BCUT2D eigenvalue weighted by Crippen LogP contribution is -2.48. The number of rotatable bonds is 1. The number of aliphatic hydroxyl groups is 1. The van der Waals surface area contributed by atoms with Crippen LogP contribution in [-0.4, -0.2) is 46.2 Å². The van der Waals surface area contributed by atoms with Gasteiger partial charge in [-0.1, -0.05) is 0 Å². The van der Waals surface area contributed by atoms with Gasteiger partial charge in [-0.3, -0.25) is 4.79 Å². The lowest BCUT2D eigenvalue weighted by Gasteiger charge is -2.26. The number of hydrogen-bond acceptors (Lipinski definition) is 2. The minimum atomic E-state index is -4.71. The van der Waals surface area contributed by atoms with Crippen molar-refractivity contribution in [2.45, 2.75) is 30.5 Å². The summed E-state index contributed by atoms with van der Waals surface area (Å²) in [4.78, 5) is 12.2. The maximum atomic E-state index is 12.4. The fraction of sp³-hybridized carbons (Fsp3) is 0.875. The second-order valence-corrected chi connectivity index (χ2v) is 4.31. The van der Waals surface area contributed by atoms with Gasteiger partial charge in [-0.2, -0.15) is 13.2 Å². The third-order valence-corrected chi connectivity index (χ3v) is 2.61. The Balaban J connectivity index is 2.71. The lowest BCUT2D eigenvalue weighted by molar-refractivity contribution is -0.253. The largest absolute Gasteiger partial charge is 0.419 e. The fourth-order valence-electron chi connectivity index (χ4n) is 1.46. The van der Waals surface area contributed by atoms with Crippen LogP contribution in [0.1, 0.15) is 13.3 Å². The number of carbonyl (C=O) groups is 1. The van der Waals surface area contributed by atoms with E-state index in [0.717, 1.165) is 4.90 Å². The van der Waals surface area contributed by atoms with Crippen LogP contribution in [0.25, 0.3) is 0 Å². The molecule has 0 bridgehead atoms. The van der Waals surface area contributed by atoms with Crippen LogP contribution < -0.4 is 0 Å². The normalized spacial score (nSPS) is 29.3. The first-order valence-corrected chi connectivity index (χ1v) is 4.83. The maximum absolute atomic E-state index is 12.4. The van der Waals surface area contributed by atoms with Crippen LogP contribution in [0, 0.1) is 0 Å². The number of hydrogen-bond donors (Lipinski definition) is 1. The number of halogens is 4. The molecule has 88 valence electrons. The van der Waals surface area contributed by atoms with Crippen molar-refractivity contribution in [3.05, 3.63) is 0 Å². The van der Waals surface area contributed by atoms with Gasteiger partial charge in [0.25, 0.3) is 0 Å². The number of likely N-dealkylation sites (tertiary alicyclic amines) is 1. The molecule has 0 radical (unpaired) electrons. The Labute approximate surface area is 89.8 Å². The zero-order valence-corrected chi connectivity index (χ0v) is 8.77. The van der Waals surface area contributed by atoms with Crippen LogP contribution in [0.15, 0.2) is 0 Å². The highest BCUT2D eigenvalue weighted by atomic mass is 35.5. The van der Waals surface area contributed by atoms with Crippen molar-refractivity contribution >= 4 is 17.5 Å². The summed E-state index contributed by atoms with van der Waals surface area (Å²) in [6, 6.07) is 0. The molecule has 1 aliphatic rings. The monoisotopic (exact) mass is 245 g/mol. The van der Waals surface area contributed by atoms with Crippen molar-refractivity contribution < 1.29 is 23.1 Å². The molecule has 1 heterocycles. The second-order valence-electron chi connectivity index (χ2n) is 3.66. The van der Waals surface area contributed by atoms with Gasteiger partial charge in [0.05, 0.1) is 6.54 Å². The Morgan fingerprint density at radius 3 is 2.47 bits per heavy atom. The molecule has 3 nitrogen and oxygen atoms in total. The molecule has 2 atom stereocenters. The van der Waals surface area contributed by atoms with E-state index in [9.17, 15) is 23.1 Å². The first kappa shape index (κ1) is 12.6. The first-order chi connectivity index (χ1) is 6.67. The zero-order chi connectivity index (χ0) is 11.9. The summed E-state index contributed by atoms with van der Waals surface area (Å²) in [5.41, 5.74) is -2.78. The summed E-state index contributed by atoms with van der Waals surface area (Å²) >= 11 is 5.46. The molecule has 0 aromatic rings. The molecule has 0 saturated carbocycles. The SMILES string of the molecule is CC(Cl)C(=O)N1CCC(O)(C(F)(F)F)C1. The molecule has 0 aromatic heterocycles. The first-order valence-electron chi connectivity index (χ1n) is 4.39. The van der Waals surface area contributed by atoms with Gasteiger partial charge in [-0.05, 0) is 6.92 Å². The van der Waals surface area contributed by atoms with E-state index in [1.54, 1.807) is 0 Å².